The van der Waals surface area contributed by atoms with Crippen molar-refractivity contribution in [3.05, 3.63) is 29.3 Å². The topological polar surface area (TPSA) is 79.0 Å². The fraction of sp³-hybridized carbons (Fsp3) is 0.429. The first kappa shape index (κ1) is 14.2. The van der Waals surface area contributed by atoms with Gasteiger partial charge in [0.2, 0.25) is 5.91 Å². The molecule has 3 N–H and O–H groups in total. The summed E-state index contributed by atoms with van der Waals surface area (Å²) >= 11 is 1.65. The Balaban J connectivity index is 1.53. The fourth-order valence-electron chi connectivity index (χ4n) is 2.30. The zero-order valence-electron chi connectivity index (χ0n) is 11.6. The van der Waals surface area contributed by atoms with Crippen LogP contribution >= 0.6 is 11.3 Å². The third-order valence-electron chi connectivity index (χ3n) is 3.38. The van der Waals surface area contributed by atoms with Gasteiger partial charge in [0.25, 0.3) is 0 Å². The lowest BCUT2D eigenvalue weighted by Crippen LogP contribution is -2.41. The van der Waals surface area contributed by atoms with Crippen LogP contribution in [0.3, 0.4) is 0 Å². The van der Waals surface area contributed by atoms with Crippen molar-refractivity contribution in [1.29, 1.82) is 0 Å². The van der Waals surface area contributed by atoms with Gasteiger partial charge in [0.1, 0.15) is 0 Å². The van der Waals surface area contributed by atoms with Gasteiger partial charge in [-0.2, -0.15) is 5.10 Å². The number of morpholine rings is 1. The molecule has 1 fully saturated rings. The van der Waals surface area contributed by atoms with Crippen LogP contribution in [-0.4, -0.2) is 41.9 Å². The Morgan fingerprint density at radius 2 is 2.52 bits per heavy atom. The standard InChI is InChI=1S/C14H18N4O2S/c19-13(6-11-9-15-3-4-20-11)16-7-10-8-17-18-14(10)12-2-1-5-21-12/h1-2,5,8,11,15H,3-4,6-7,9H2,(H,16,19)(H,17,18)/t11-/m0/s1. The highest BCUT2D eigenvalue weighted by molar-refractivity contribution is 7.13. The number of aromatic nitrogens is 2. The van der Waals surface area contributed by atoms with Crippen molar-refractivity contribution in [3.63, 3.8) is 0 Å². The van der Waals surface area contributed by atoms with Gasteiger partial charge in [-0.05, 0) is 11.4 Å². The Morgan fingerprint density at radius 3 is 3.29 bits per heavy atom. The number of ether oxygens (including phenoxy) is 1. The third-order valence-corrected chi connectivity index (χ3v) is 4.27. The molecule has 2 aromatic rings. The zero-order chi connectivity index (χ0) is 14.5. The molecule has 1 aliphatic heterocycles. The minimum atomic E-state index is -0.0279. The predicted molar refractivity (Wildman–Crippen MR) is 81.0 cm³/mol. The SMILES string of the molecule is O=C(C[C@H]1CNCCO1)NCc1cn[nH]c1-c1cccs1. The van der Waals surface area contributed by atoms with Crippen LogP contribution < -0.4 is 10.6 Å². The molecular weight excluding hydrogens is 288 g/mol. The van der Waals surface area contributed by atoms with E-state index in [1.807, 2.05) is 17.5 Å². The summed E-state index contributed by atoms with van der Waals surface area (Å²) in [5, 5.41) is 15.2. The Kier molecular flexibility index (Phi) is 4.64. The van der Waals surface area contributed by atoms with Crippen LogP contribution in [-0.2, 0) is 16.1 Å². The van der Waals surface area contributed by atoms with Gasteiger partial charge in [0.05, 0.1) is 35.9 Å². The number of nitrogens with one attached hydrogen (secondary N) is 3. The number of aromatic amines is 1. The number of rotatable bonds is 5. The summed E-state index contributed by atoms with van der Waals surface area (Å²) in [4.78, 5) is 13.1. The molecule has 2 aromatic heterocycles. The molecule has 1 atom stereocenters. The number of amides is 1. The van der Waals surface area contributed by atoms with E-state index in [-0.39, 0.29) is 12.0 Å². The van der Waals surface area contributed by atoms with Gasteiger partial charge >= 0.3 is 0 Å². The summed E-state index contributed by atoms with van der Waals surface area (Å²) in [6.45, 7) is 2.74. The van der Waals surface area contributed by atoms with Crippen LogP contribution in [0.2, 0.25) is 0 Å². The fourth-order valence-corrected chi connectivity index (χ4v) is 3.06. The van der Waals surface area contributed by atoms with Crippen LogP contribution in [0.1, 0.15) is 12.0 Å². The highest BCUT2D eigenvalue weighted by Gasteiger charge is 2.17. The molecule has 1 amide bonds. The molecule has 0 unspecified atom stereocenters. The van der Waals surface area contributed by atoms with Crippen molar-refractivity contribution in [3.8, 4) is 10.6 Å². The van der Waals surface area contributed by atoms with Gasteiger partial charge in [0, 0.05) is 25.2 Å². The molecule has 3 heterocycles. The lowest BCUT2D eigenvalue weighted by molar-refractivity contribution is -0.124. The summed E-state index contributed by atoms with van der Waals surface area (Å²) < 4.78 is 5.53. The van der Waals surface area contributed by atoms with E-state index in [4.69, 9.17) is 4.74 Å². The van der Waals surface area contributed by atoms with Crippen molar-refractivity contribution < 1.29 is 9.53 Å². The maximum atomic E-state index is 12.0. The number of carbonyl (C=O) groups is 1. The van der Waals surface area contributed by atoms with Crippen LogP contribution in [0.4, 0.5) is 0 Å². The first-order valence-electron chi connectivity index (χ1n) is 6.98. The number of H-pyrrole nitrogens is 1. The molecule has 112 valence electrons. The molecule has 0 spiro atoms. The summed E-state index contributed by atoms with van der Waals surface area (Å²) in [7, 11) is 0. The minimum Gasteiger partial charge on any atom is -0.375 e. The second-order valence-electron chi connectivity index (χ2n) is 4.93. The van der Waals surface area contributed by atoms with E-state index in [0.29, 0.717) is 19.6 Å². The molecule has 0 saturated carbocycles. The lowest BCUT2D eigenvalue weighted by Gasteiger charge is -2.23. The quantitative estimate of drug-likeness (QED) is 0.774. The van der Waals surface area contributed by atoms with E-state index in [1.165, 1.54) is 0 Å². The maximum absolute atomic E-state index is 12.0. The Hall–Kier alpha value is -1.70. The van der Waals surface area contributed by atoms with Crippen LogP contribution in [0.5, 0.6) is 0 Å². The number of carbonyl (C=O) groups excluding carboxylic acids is 1. The van der Waals surface area contributed by atoms with Crippen molar-refractivity contribution in [2.45, 2.75) is 19.1 Å². The average Bonchev–Trinajstić information content (AvgIpc) is 3.17. The largest absolute Gasteiger partial charge is 0.375 e. The van der Waals surface area contributed by atoms with Gasteiger partial charge in [0.15, 0.2) is 0 Å². The highest BCUT2D eigenvalue weighted by Crippen LogP contribution is 2.25. The Morgan fingerprint density at radius 1 is 1.57 bits per heavy atom. The normalized spacial score (nSPS) is 18.6. The van der Waals surface area contributed by atoms with Crippen LogP contribution in [0.25, 0.3) is 10.6 Å². The summed E-state index contributed by atoms with van der Waals surface area (Å²) in [6.07, 6.45) is 2.12. The van der Waals surface area contributed by atoms with E-state index >= 15 is 0 Å². The van der Waals surface area contributed by atoms with Gasteiger partial charge < -0.3 is 15.4 Å². The monoisotopic (exact) mass is 306 g/mol. The Labute approximate surface area is 126 Å². The number of hydrogen-bond donors (Lipinski definition) is 3. The second kappa shape index (κ2) is 6.84. The van der Waals surface area contributed by atoms with Crippen LogP contribution in [0, 0.1) is 0 Å². The van der Waals surface area contributed by atoms with E-state index in [0.717, 1.165) is 29.2 Å². The van der Waals surface area contributed by atoms with E-state index in [9.17, 15) is 4.79 Å². The number of nitrogens with zero attached hydrogens (tertiary/aromatic N) is 1. The first-order chi connectivity index (χ1) is 10.3. The first-order valence-corrected chi connectivity index (χ1v) is 7.86. The third kappa shape index (κ3) is 3.69. The molecule has 0 radical (unpaired) electrons. The van der Waals surface area contributed by atoms with E-state index in [2.05, 4.69) is 20.8 Å². The molecule has 21 heavy (non-hydrogen) atoms. The van der Waals surface area contributed by atoms with Crippen LogP contribution in [0.15, 0.2) is 23.7 Å². The summed E-state index contributed by atoms with van der Waals surface area (Å²) in [5.74, 6) is 0.00188. The zero-order valence-corrected chi connectivity index (χ0v) is 12.4. The van der Waals surface area contributed by atoms with Gasteiger partial charge in [-0.3, -0.25) is 9.89 Å². The van der Waals surface area contributed by atoms with E-state index < -0.39 is 0 Å². The maximum Gasteiger partial charge on any atom is 0.222 e. The number of hydrogen-bond acceptors (Lipinski definition) is 5. The molecule has 1 aliphatic rings. The molecule has 1 saturated heterocycles. The molecule has 0 bridgehead atoms. The van der Waals surface area contributed by atoms with Crippen molar-refractivity contribution in [1.82, 2.24) is 20.8 Å². The smallest absolute Gasteiger partial charge is 0.222 e. The second-order valence-corrected chi connectivity index (χ2v) is 5.87. The molecule has 0 aromatic carbocycles. The summed E-state index contributed by atoms with van der Waals surface area (Å²) in [6, 6.07) is 4.03. The highest BCUT2D eigenvalue weighted by atomic mass is 32.1. The van der Waals surface area contributed by atoms with Gasteiger partial charge in [-0.15, -0.1) is 11.3 Å². The van der Waals surface area contributed by atoms with Gasteiger partial charge in [-0.1, -0.05) is 6.07 Å². The van der Waals surface area contributed by atoms with E-state index in [1.54, 1.807) is 17.5 Å². The predicted octanol–water partition coefficient (Wildman–Crippen LogP) is 1.13. The number of thiophene rings is 1. The van der Waals surface area contributed by atoms with Gasteiger partial charge in [-0.25, -0.2) is 0 Å². The minimum absolute atomic E-state index is 0.00188. The molecule has 0 aliphatic carbocycles. The molecular formula is C14H18N4O2S. The summed E-state index contributed by atoms with van der Waals surface area (Å²) in [5.41, 5.74) is 1.97. The van der Waals surface area contributed by atoms with Crippen molar-refractivity contribution in [2.75, 3.05) is 19.7 Å². The Bertz CT molecular complexity index is 576. The molecule has 3 rings (SSSR count). The van der Waals surface area contributed by atoms with Crippen molar-refractivity contribution in [2.24, 2.45) is 0 Å². The molecule has 7 heteroatoms. The van der Waals surface area contributed by atoms with Crippen molar-refractivity contribution >= 4 is 17.2 Å². The molecule has 6 nitrogen and oxygen atoms in total. The average molecular weight is 306 g/mol. The lowest BCUT2D eigenvalue weighted by atomic mass is 10.2.